The molecule has 0 unspecified atom stereocenters. The third-order valence-corrected chi connectivity index (χ3v) is 3.94. The maximum atomic E-state index is 12.4. The van der Waals surface area contributed by atoms with E-state index in [1.54, 1.807) is 31.0 Å². The summed E-state index contributed by atoms with van der Waals surface area (Å²) in [4.78, 5) is 14.4. The van der Waals surface area contributed by atoms with Crippen molar-refractivity contribution in [3.05, 3.63) is 53.3 Å². The number of carbonyl (C=O) groups excluding carboxylic acids is 1. The van der Waals surface area contributed by atoms with Crippen LogP contribution in [0.2, 0.25) is 0 Å². The van der Waals surface area contributed by atoms with E-state index < -0.39 is 0 Å². The highest BCUT2D eigenvalue weighted by Crippen LogP contribution is 2.27. The van der Waals surface area contributed by atoms with Crippen molar-refractivity contribution >= 4 is 5.91 Å². The molecule has 1 N–H and O–H groups in total. The highest BCUT2D eigenvalue weighted by atomic mass is 16.5. The average molecular weight is 326 g/mol. The molecule has 1 atom stereocenters. The van der Waals surface area contributed by atoms with Crippen LogP contribution in [0.15, 0.2) is 36.5 Å². The third kappa shape index (κ3) is 3.76. The number of amides is 1. The van der Waals surface area contributed by atoms with Crippen molar-refractivity contribution in [2.75, 3.05) is 27.7 Å². The Hall–Kier alpha value is -2.78. The van der Waals surface area contributed by atoms with Gasteiger partial charge in [-0.1, -0.05) is 18.2 Å². The van der Waals surface area contributed by atoms with E-state index in [1.165, 1.54) is 0 Å². The molecule has 0 bridgehead atoms. The number of hydrogen-bond donors (Lipinski definition) is 1. The Labute approximate surface area is 142 Å². The van der Waals surface area contributed by atoms with Gasteiger partial charge in [-0.15, -0.1) is 0 Å². The molecular weight excluding hydrogens is 304 g/mol. The lowest BCUT2D eigenvalue weighted by atomic mass is 10.0. The summed E-state index contributed by atoms with van der Waals surface area (Å²) in [5.41, 5.74) is 1.94. The Bertz CT molecular complexity index is 759. The van der Waals surface area contributed by atoms with Gasteiger partial charge >= 0.3 is 0 Å². The standard InChI is InChI=1S/C18H22N4O2/c1-21(2)16(14-7-5-6-8-17(14)24-4)11-20-18(23)15-9-13(10-19)12-22(15)3/h5-9,12,16H,11H2,1-4H3,(H,20,23)/t16-/m1/s1. The molecule has 0 fully saturated rings. The van der Waals surface area contributed by atoms with Crippen LogP contribution in [-0.4, -0.2) is 43.1 Å². The number of carbonyl (C=O) groups is 1. The van der Waals surface area contributed by atoms with Gasteiger partial charge in [-0.3, -0.25) is 4.79 Å². The van der Waals surface area contributed by atoms with E-state index >= 15 is 0 Å². The second kappa shape index (κ2) is 7.66. The molecular formula is C18H22N4O2. The second-order valence-electron chi connectivity index (χ2n) is 5.77. The van der Waals surface area contributed by atoms with Gasteiger partial charge in [-0.05, 0) is 26.2 Å². The summed E-state index contributed by atoms with van der Waals surface area (Å²) < 4.78 is 7.08. The number of aryl methyl sites for hydroxylation is 1. The van der Waals surface area contributed by atoms with Crippen LogP contribution in [0.1, 0.15) is 27.7 Å². The zero-order valence-corrected chi connectivity index (χ0v) is 14.4. The molecule has 0 saturated carbocycles. The van der Waals surface area contributed by atoms with Crippen LogP contribution in [0.4, 0.5) is 0 Å². The number of ether oxygens (including phenoxy) is 1. The van der Waals surface area contributed by atoms with Gasteiger partial charge in [-0.25, -0.2) is 0 Å². The minimum absolute atomic E-state index is 0.0270. The van der Waals surface area contributed by atoms with Gasteiger partial charge in [-0.2, -0.15) is 5.26 Å². The molecule has 24 heavy (non-hydrogen) atoms. The number of hydrogen-bond acceptors (Lipinski definition) is 4. The van der Waals surface area contributed by atoms with Crippen LogP contribution in [-0.2, 0) is 7.05 Å². The van der Waals surface area contributed by atoms with E-state index in [0.29, 0.717) is 17.8 Å². The molecule has 6 nitrogen and oxygen atoms in total. The lowest BCUT2D eigenvalue weighted by Gasteiger charge is -2.26. The molecule has 1 amide bonds. The second-order valence-corrected chi connectivity index (χ2v) is 5.77. The molecule has 1 aromatic heterocycles. The first-order valence-electron chi connectivity index (χ1n) is 7.62. The highest BCUT2D eigenvalue weighted by Gasteiger charge is 2.20. The predicted molar refractivity (Wildman–Crippen MR) is 91.9 cm³/mol. The van der Waals surface area contributed by atoms with Gasteiger partial charge in [0.15, 0.2) is 0 Å². The first kappa shape index (κ1) is 17.6. The quantitative estimate of drug-likeness (QED) is 0.881. The largest absolute Gasteiger partial charge is 0.496 e. The maximum absolute atomic E-state index is 12.4. The minimum Gasteiger partial charge on any atom is -0.496 e. The average Bonchev–Trinajstić information content (AvgIpc) is 2.96. The van der Waals surface area contributed by atoms with E-state index in [0.717, 1.165) is 11.3 Å². The molecule has 0 saturated heterocycles. The van der Waals surface area contributed by atoms with E-state index in [9.17, 15) is 4.79 Å². The minimum atomic E-state index is -0.208. The summed E-state index contributed by atoms with van der Waals surface area (Å²) in [6.45, 7) is 0.430. The molecule has 2 rings (SSSR count). The summed E-state index contributed by atoms with van der Waals surface area (Å²) in [7, 11) is 7.30. The number of para-hydroxylation sites is 1. The lowest BCUT2D eigenvalue weighted by Crippen LogP contribution is -2.35. The number of aromatic nitrogens is 1. The van der Waals surface area contributed by atoms with Crippen LogP contribution in [0, 0.1) is 11.3 Å². The summed E-state index contributed by atoms with van der Waals surface area (Å²) in [5, 5.41) is 11.9. The Balaban J connectivity index is 2.16. The van der Waals surface area contributed by atoms with Crippen LogP contribution in [0.5, 0.6) is 5.75 Å². The summed E-state index contributed by atoms with van der Waals surface area (Å²) in [5.74, 6) is 0.580. The van der Waals surface area contributed by atoms with Gasteiger partial charge in [0.05, 0.1) is 18.7 Å². The summed E-state index contributed by atoms with van der Waals surface area (Å²) in [6, 6.07) is 11.4. The molecule has 126 valence electrons. The predicted octanol–water partition coefficient (Wildman–Crippen LogP) is 1.94. The smallest absolute Gasteiger partial charge is 0.268 e. The number of rotatable bonds is 6. The Morgan fingerprint density at radius 1 is 1.42 bits per heavy atom. The van der Waals surface area contributed by atoms with Gasteiger partial charge in [0.25, 0.3) is 5.91 Å². The Kier molecular flexibility index (Phi) is 5.61. The fraction of sp³-hybridized carbons (Fsp3) is 0.333. The van der Waals surface area contributed by atoms with Crippen molar-refractivity contribution < 1.29 is 9.53 Å². The molecule has 0 spiro atoms. The van der Waals surface area contributed by atoms with Gasteiger partial charge in [0.1, 0.15) is 17.5 Å². The van der Waals surface area contributed by atoms with Crippen LogP contribution in [0.3, 0.4) is 0 Å². The van der Waals surface area contributed by atoms with Gasteiger partial charge < -0.3 is 19.5 Å². The van der Waals surface area contributed by atoms with E-state index in [1.807, 2.05) is 49.3 Å². The molecule has 1 heterocycles. The third-order valence-electron chi connectivity index (χ3n) is 3.94. The first-order valence-corrected chi connectivity index (χ1v) is 7.62. The van der Waals surface area contributed by atoms with Crippen molar-refractivity contribution in [3.8, 4) is 11.8 Å². The molecule has 0 aliphatic rings. The number of nitrogens with zero attached hydrogens (tertiary/aromatic N) is 3. The number of benzene rings is 1. The van der Waals surface area contributed by atoms with Crippen molar-refractivity contribution in [2.45, 2.75) is 6.04 Å². The van der Waals surface area contributed by atoms with Crippen LogP contribution >= 0.6 is 0 Å². The van der Waals surface area contributed by atoms with Gasteiger partial charge in [0.2, 0.25) is 0 Å². The van der Waals surface area contributed by atoms with Crippen molar-refractivity contribution in [2.24, 2.45) is 7.05 Å². The fourth-order valence-electron chi connectivity index (χ4n) is 2.64. The molecule has 0 radical (unpaired) electrons. The Morgan fingerprint density at radius 2 is 2.12 bits per heavy atom. The highest BCUT2D eigenvalue weighted by molar-refractivity contribution is 5.93. The van der Waals surface area contributed by atoms with Crippen molar-refractivity contribution in [1.82, 2.24) is 14.8 Å². The number of methoxy groups -OCH3 is 1. The SMILES string of the molecule is COc1ccccc1[C@@H](CNC(=O)c1cc(C#N)cn1C)N(C)C. The zero-order valence-electron chi connectivity index (χ0n) is 14.4. The summed E-state index contributed by atoms with van der Waals surface area (Å²) >= 11 is 0. The molecule has 0 aliphatic carbocycles. The normalized spacial score (nSPS) is 11.8. The van der Waals surface area contributed by atoms with Crippen molar-refractivity contribution in [1.29, 1.82) is 5.26 Å². The fourth-order valence-corrected chi connectivity index (χ4v) is 2.64. The maximum Gasteiger partial charge on any atom is 0.268 e. The number of likely N-dealkylation sites (N-methyl/N-ethyl adjacent to an activating group) is 1. The molecule has 0 aliphatic heterocycles. The van der Waals surface area contributed by atoms with E-state index in [2.05, 4.69) is 5.32 Å². The first-order chi connectivity index (χ1) is 11.5. The number of nitriles is 1. The Morgan fingerprint density at radius 3 is 2.71 bits per heavy atom. The van der Waals surface area contributed by atoms with E-state index in [4.69, 9.17) is 10.00 Å². The topological polar surface area (TPSA) is 70.3 Å². The summed E-state index contributed by atoms with van der Waals surface area (Å²) in [6.07, 6.45) is 1.64. The van der Waals surface area contributed by atoms with Crippen LogP contribution in [0.25, 0.3) is 0 Å². The van der Waals surface area contributed by atoms with Crippen LogP contribution < -0.4 is 10.1 Å². The monoisotopic (exact) mass is 326 g/mol. The zero-order chi connectivity index (χ0) is 17.7. The lowest BCUT2D eigenvalue weighted by molar-refractivity contribution is 0.0933. The molecule has 2 aromatic rings. The number of nitrogens with one attached hydrogen (secondary N) is 1. The molecule has 6 heteroatoms. The van der Waals surface area contributed by atoms with E-state index in [-0.39, 0.29) is 11.9 Å². The molecule has 1 aromatic carbocycles. The van der Waals surface area contributed by atoms with Crippen molar-refractivity contribution in [3.63, 3.8) is 0 Å². The van der Waals surface area contributed by atoms with Gasteiger partial charge in [0, 0.05) is 25.4 Å².